The molecule has 0 amide bonds. The zero-order valence-electron chi connectivity index (χ0n) is 18.6. The third kappa shape index (κ3) is 7.06. The molecule has 1 unspecified atom stereocenters. The number of halogens is 1. The van der Waals surface area contributed by atoms with Crippen LogP contribution in [0.25, 0.3) is 0 Å². The average molecular weight is 545 g/mol. The second-order valence-corrected chi connectivity index (χ2v) is 8.03. The molecular weight excluding hydrogens is 513 g/mol. The minimum atomic E-state index is 0. The molecule has 2 aromatic carbocycles. The molecule has 3 aromatic rings. The standard InChI is InChI=1S/C25H31N5O.HI/c1-26-25(27-16-22-9-5-10-23(15-22)18-30-13-6-12-28-30)29-14-11-24(17-29)20-31-19-21-7-3-2-4-8-21;/h2-10,12-13,15,24H,11,14,16-20H2,1H3,(H,26,27);1H. The second-order valence-electron chi connectivity index (χ2n) is 8.03. The van der Waals surface area contributed by atoms with Crippen molar-refractivity contribution in [3.8, 4) is 0 Å². The van der Waals surface area contributed by atoms with Gasteiger partial charge in [0.05, 0.1) is 19.8 Å². The summed E-state index contributed by atoms with van der Waals surface area (Å²) in [6, 6.07) is 20.9. The third-order valence-electron chi connectivity index (χ3n) is 5.61. The van der Waals surface area contributed by atoms with Crippen molar-refractivity contribution in [2.75, 3.05) is 26.7 Å². The predicted molar refractivity (Wildman–Crippen MR) is 139 cm³/mol. The SMILES string of the molecule is CN=C(NCc1cccc(Cn2cccn2)c1)N1CCC(COCc2ccccc2)C1.I. The monoisotopic (exact) mass is 545 g/mol. The van der Waals surface area contributed by atoms with Crippen molar-refractivity contribution in [2.45, 2.75) is 26.1 Å². The van der Waals surface area contributed by atoms with Gasteiger partial charge >= 0.3 is 0 Å². The van der Waals surface area contributed by atoms with Gasteiger partial charge < -0.3 is 15.0 Å². The quantitative estimate of drug-likeness (QED) is 0.263. The molecule has 1 N–H and O–H groups in total. The van der Waals surface area contributed by atoms with Crippen LogP contribution in [-0.2, 0) is 24.4 Å². The van der Waals surface area contributed by atoms with Crippen LogP contribution >= 0.6 is 24.0 Å². The Morgan fingerprint density at radius 2 is 1.91 bits per heavy atom. The molecule has 7 heteroatoms. The fourth-order valence-electron chi connectivity index (χ4n) is 4.01. The molecule has 1 aliphatic heterocycles. The lowest BCUT2D eigenvalue weighted by Crippen LogP contribution is -2.39. The number of hydrogen-bond donors (Lipinski definition) is 1. The van der Waals surface area contributed by atoms with Crippen molar-refractivity contribution in [2.24, 2.45) is 10.9 Å². The van der Waals surface area contributed by atoms with E-state index in [1.807, 2.05) is 36.3 Å². The predicted octanol–water partition coefficient (Wildman–Crippen LogP) is 4.16. The van der Waals surface area contributed by atoms with Crippen molar-refractivity contribution in [1.29, 1.82) is 0 Å². The van der Waals surface area contributed by atoms with Gasteiger partial charge in [0.1, 0.15) is 0 Å². The van der Waals surface area contributed by atoms with Gasteiger partial charge in [0, 0.05) is 45.0 Å². The van der Waals surface area contributed by atoms with Crippen LogP contribution < -0.4 is 5.32 Å². The lowest BCUT2D eigenvalue weighted by molar-refractivity contribution is 0.0906. The van der Waals surface area contributed by atoms with Crippen LogP contribution in [-0.4, -0.2) is 47.4 Å². The van der Waals surface area contributed by atoms with E-state index in [-0.39, 0.29) is 24.0 Å². The van der Waals surface area contributed by atoms with Gasteiger partial charge in [-0.15, -0.1) is 24.0 Å². The Bertz CT molecular complexity index is 961. The molecule has 6 nitrogen and oxygen atoms in total. The summed E-state index contributed by atoms with van der Waals surface area (Å²) in [5.74, 6) is 1.50. The topological polar surface area (TPSA) is 54.7 Å². The Morgan fingerprint density at radius 3 is 2.69 bits per heavy atom. The number of aromatic nitrogens is 2. The highest BCUT2D eigenvalue weighted by molar-refractivity contribution is 14.0. The van der Waals surface area contributed by atoms with E-state index in [0.29, 0.717) is 12.5 Å². The van der Waals surface area contributed by atoms with Gasteiger partial charge in [-0.1, -0.05) is 54.6 Å². The maximum absolute atomic E-state index is 5.96. The minimum Gasteiger partial charge on any atom is -0.376 e. The lowest BCUT2D eigenvalue weighted by atomic mass is 10.1. The highest BCUT2D eigenvalue weighted by atomic mass is 127. The van der Waals surface area contributed by atoms with Crippen LogP contribution in [0.3, 0.4) is 0 Å². The molecule has 170 valence electrons. The summed E-state index contributed by atoms with van der Waals surface area (Å²) < 4.78 is 7.90. The van der Waals surface area contributed by atoms with Crippen molar-refractivity contribution >= 4 is 29.9 Å². The summed E-state index contributed by atoms with van der Waals surface area (Å²) in [7, 11) is 1.86. The number of guanidine groups is 1. The van der Waals surface area contributed by atoms with Crippen LogP contribution in [0, 0.1) is 5.92 Å². The Kier molecular flexibility index (Phi) is 9.55. The van der Waals surface area contributed by atoms with E-state index >= 15 is 0 Å². The van der Waals surface area contributed by atoms with Gasteiger partial charge in [-0.3, -0.25) is 9.67 Å². The maximum atomic E-state index is 5.96. The first-order valence-corrected chi connectivity index (χ1v) is 10.9. The number of aliphatic imine (C=N–C) groups is 1. The molecule has 0 aliphatic carbocycles. The lowest BCUT2D eigenvalue weighted by Gasteiger charge is -2.22. The fourth-order valence-corrected chi connectivity index (χ4v) is 4.01. The van der Waals surface area contributed by atoms with Crippen LogP contribution in [0.15, 0.2) is 78.0 Å². The summed E-state index contributed by atoms with van der Waals surface area (Å²) in [5.41, 5.74) is 3.71. The van der Waals surface area contributed by atoms with Crippen molar-refractivity contribution in [1.82, 2.24) is 20.0 Å². The third-order valence-corrected chi connectivity index (χ3v) is 5.61. The van der Waals surface area contributed by atoms with E-state index in [4.69, 9.17) is 4.74 Å². The Hall–Kier alpha value is -2.39. The smallest absolute Gasteiger partial charge is 0.193 e. The molecular formula is C25H32IN5O. The largest absolute Gasteiger partial charge is 0.376 e. The fraction of sp³-hybridized carbons (Fsp3) is 0.360. The van der Waals surface area contributed by atoms with Crippen LogP contribution in [0.5, 0.6) is 0 Å². The average Bonchev–Trinajstić information content (AvgIpc) is 3.48. The number of benzene rings is 2. The molecule has 4 rings (SSSR count). The van der Waals surface area contributed by atoms with E-state index in [9.17, 15) is 0 Å². The highest BCUT2D eigenvalue weighted by Crippen LogP contribution is 2.17. The van der Waals surface area contributed by atoms with Gasteiger partial charge in [-0.2, -0.15) is 5.10 Å². The summed E-state index contributed by atoms with van der Waals surface area (Å²) >= 11 is 0. The molecule has 0 spiro atoms. The van der Waals surface area contributed by atoms with E-state index in [1.54, 1.807) is 0 Å². The summed E-state index contributed by atoms with van der Waals surface area (Å²) in [4.78, 5) is 6.84. The molecule has 1 atom stereocenters. The van der Waals surface area contributed by atoms with Crippen molar-refractivity contribution in [3.63, 3.8) is 0 Å². The number of nitrogens with zero attached hydrogens (tertiary/aromatic N) is 4. The van der Waals surface area contributed by atoms with Crippen LogP contribution in [0.2, 0.25) is 0 Å². The Labute approximate surface area is 207 Å². The molecule has 32 heavy (non-hydrogen) atoms. The van der Waals surface area contributed by atoms with Crippen molar-refractivity contribution in [3.05, 3.63) is 89.7 Å². The summed E-state index contributed by atoms with van der Waals surface area (Å²) in [5, 5.41) is 7.82. The summed E-state index contributed by atoms with van der Waals surface area (Å²) in [6.07, 6.45) is 4.93. The van der Waals surface area contributed by atoms with Gasteiger partial charge in [0.2, 0.25) is 0 Å². The zero-order valence-corrected chi connectivity index (χ0v) is 20.9. The Balaban J connectivity index is 0.00000289. The van der Waals surface area contributed by atoms with Gasteiger partial charge in [0.25, 0.3) is 0 Å². The first kappa shape index (κ1) is 24.3. The molecule has 0 bridgehead atoms. The van der Waals surface area contributed by atoms with E-state index in [2.05, 4.69) is 68.8 Å². The molecule has 0 saturated carbocycles. The first-order valence-electron chi connectivity index (χ1n) is 10.9. The molecule has 1 aliphatic rings. The molecule has 0 radical (unpaired) electrons. The number of nitrogens with one attached hydrogen (secondary N) is 1. The highest BCUT2D eigenvalue weighted by Gasteiger charge is 2.24. The van der Waals surface area contributed by atoms with E-state index in [0.717, 1.165) is 45.2 Å². The minimum absolute atomic E-state index is 0. The zero-order chi connectivity index (χ0) is 21.3. The second kappa shape index (κ2) is 12.6. The normalized spacial score (nSPS) is 16.1. The molecule has 1 aromatic heterocycles. The van der Waals surface area contributed by atoms with E-state index < -0.39 is 0 Å². The van der Waals surface area contributed by atoms with Crippen molar-refractivity contribution < 1.29 is 4.74 Å². The van der Waals surface area contributed by atoms with Gasteiger partial charge in [-0.25, -0.2) is 0 Å². The first-order chi connectivity index (χ1) is 15.3. The molecule has 2 heterocycles. The summed E-state index contributed by atoms with van der Waals surface area (Å²) in [6.45, 7) is 5.00. The molecule has 1 fully saturated rings. The maximum Gasteiger partial charge on any atom is 0.193 e. The van der Waals surface area contributed by atoms with Gasteiger partial charge in [0.15, 0.2) is 5.96 Å². The Morgan fingerprint density at radius 1 is 1.09 bits per heavy atom. The number of likely N-dealkylation sites (tertiary alicyclic amines) is 1. The number of ether oxygens (including phenoxy) is 1. The van der Waals surface area contributed by atoms with E-state index in [1.165, 1.54) is 16.7 Å². The molecule has 1 saturated heterocycles. The van der Waals surface area contributed by atoms with Crippen LogP contribution in [0.4, 0.5) is 0 Å². The van der Waals surface area contributed by atoms with Gasteiger partial charge in [-0.05, 0) is 29.2 Å². The van der Waals surface area contributed by atoms with Crippen LogP contribution in [0.1, 0.15) is 23.1 Å². The number of hydrogen-bond acceptors (Lipinski definition) is 3. The number of rotatable bonds is 8.